The Kier molecular flexibility index (Phi) is 4.07. The van der Waals surface area contributed by atoms with Gasteiger partial charge in [0.2, 0.25) is 5.91 Å². The van der Waals surface area contributed by atoms with Crippen LogP contribution in [0.5, 0.6) is 0 Å². The summed E-state index contributed by atoms with van der Waals surface area (Å²) in [5.74, 6) is -0.317. The SMILES string of the molecule is Cc1ccc2c(c1)C(CC(N)=O)=NCC2.Cl. The van der Waals surface area contributed by atoms with Crippen LogP contribution in [0.4, 0.5) is 0 Å². The Labute approximate surface area is 101 Å². The largest absolute Gasteiger partial charge is 0.369 e. The summed E-state index contributed by atoms with van der Waals surface area (Å²) in [7, 11) is 0. The van der Waals surface area contributed by atoms with Gasteiger partial charge in [0, 0.05) is 6.54 Å². The lowest BCUT2D eigenvalue weighted by Crippen LogP contribution is -2.21. The van der Waals surface area contributed by atoms with Gasteiger partial charge in [-0.2, -0.15) is 0 Å². The Hall–Kier alpha value is -1.35. The number of aliphatic imine (C=N–C) groups is 1. The van der Waals surface area contributed by atoms with Gasteiger partial charge in [-0.1, -0.05) is 17.7 Å². The molecule has 0 aromatic heterocycles. The highest BCUT2D eigenvalue weighted by Gasteiger charge is 2.15. The molecule has 86 valence electrons. The molecule has 4 heteroatoms. The number of nitrogens with two attached hydrogens (primary N) is 1. The van der Waals surface area contributed by atoms with Crippen LogP contribution in [0.15, 0.2) is 23.2 Å². The second kappa shape index (κ2) is 5.12. The molecule has 2 N–H and O–H groups in total. The summed E-state index contributed by atoms with van der Waals surface area (Å²) in [6.45, 7) is 2.80. The molecule has 1 aliphatic heterocycles. The molecule has 0 saturated carbocycles. The summed E-state index contributed by atoms with van der Waals surface area (Å²) in [6.07, 6.45) is 1.20. The molecule has 0 aliphatic carbocycles. The first-order chi connectivity index (χ1) is 7.16. The fourth-order valence-electron chi connectivity index (χ4n) is 1.89. The Morgan fingerprint density at radius 2 is 2.25 bits per heavy atom. The number of amides is 1. The fraction of sp³-hybridized carbons (Fsp3) is 0.333. The van der Waals surface area contributed by atoms with Gasteiger partial charge in [0.05, 0.1) is 12.1 Å². The Balaban J connectivity index is 0.00000128. The molecule has 0 fully saturated rings. The first-order valence-electron chi connectivity index (χ1n) is 5.08. The monoisotopic (exact) mass is 238 g/mol. The molecule has 1 aromatic carbocycles. The van der Waals surface area contributed by atoms with E-state index in [1.54, 1.807) is 0 Å². The van der Waals surface area contributed by atoms with Crippen molar-refractivity contribution in [2.45, 2.75) is 19.8 Å². The lowest BCUT2D eigenvalue weighted by molar-refractivity contribution is -0.116. The van der Waals surface area contributed by atoms with Gasteiger partial charge in [0.1, 0.15) is 0 Å². The quantitative estimate of drug-likeness (QED) is 0.837. The summed E-state index contributed by atoms with van der Waals surface area (Å²) in [5.41, 5.74) is 9.59. The minimum atomic E-state index is -0.317. The summed E-state index contributed by atoms with van der Waals surface area (Å²) in [6, 6.07) is 6.28. The van der Waals surface area contributed by atoms with E-state index in [-0.39, 0.29) is 24.7 Å². The molecular weight excluding hydrogens is 224 g/mol. The van der Waals surface area contributed by atoms with E-state index in [0.717, 1.165) is 24.2 Å². The molecule has 0 radical (unpaired) electrons. The third-order valence-electron chi connectivity index (χ3n) is 2.60. The molecule has 0 unspecified atom stereocenters. The van der Waals surface area contributed by atoms with Crippen molar-refractivity contribution >= 4 is 24.0 Å². The van der Waals surface area contributed by atoms with E-state index < -0.39 is 0 Å². The molecule has 0 spiro atoms. The number of fused-ring (bicyclic) bond motifs is 1. The van der Waals surface area contributed by atoms with Gasteiger partial charge < -0.3 is 5.73 Å². The summed E-state index contributed by atoms with van der Waals surface area (Å²) >= 11 is 0. The van der Waals surface area contributed by atoms with E-state index in [0.29, 0.717) is 0 Å². The predicted octanol–water partition coefficient (Wildman–Crippen LogP) is 1.64. The lowest BCUT2D eigenvalue weighted by atomic mass is 9.94. The van der Waals surface area contributed by atoms with Crippen LogP contribution in [-0.2, 0) is 11.2 Å². The van der Waals surface area contributed by atoms with Crippen LogP contribution >= 0.6 is 12.4 Å². The van der Waals surface area contributed by atoms with Crippen molar-refractivity contribution in [1.82, 2.24) is 0 Å². The topological polar surface area (TPSA) is 55.5 Å². The third kappa shape index (κ3) is 2.61. The molecule has 16 heavy (non-hydrogen) atoms. The van der Waals surface area contributed by atoms with Crippen LogP contribution < -0.4 is 5.73 Å². The van der Waals surface area contributed by atoms with Gasteiger partial charge in [0.15, 0.2) is 0 Å². The van der Waals surface area contributed by atoms with E-state index in [4.69, 9.17) is 5.73 Å². The molecule has 1 aromatic rings. The number of hydrogen-bond donors (Lipinski definition) is 1. The highest BCUT2D eigenvalue weighted by atomic mass is 35.5. The lowest BCUT2D eigenvalue weighted by Gasteiger charge is -2.16. The second-order valence-corrected chi connectivity index (χ2v) is 3.88. The maximum absolute atomic E-state index is 10.9. The zero-order chi connectivity index (χ0) is 10.8. The van der Waals surface area contributed by atoms with Crippen molar-refractivity contribution in [3.05, 3.63) is 34.9 Å². The fourth-order valence-corrected chi connectivity index (χ4v) is 1.89. The second-order valence-electron chi connectivity index (χ2n) is 3.88. The highest BCUT2D eigenvalue weighted by Crippen LogP contribution is 2.19. The number of nitrogens with zero attached hydrogens (tertiary/aromatic N) is 1. The number of carbonyl (C=O) groups is 1. The number of benzene rings is 1. The average Bonchev–Trinajstić information content (AvgIpc) is 2.18. The van der Waals surface area contributed by atoms with Gasteiger partial charge in [-0.05, 0) is 30.5 Å². The van der Waals surface area contributed by atoms with Crippen LogP contribution in [-0.4, -0.2) is 18.2 Å². The van der Waals surface area contributed by atoms with E-state index in [9.17, 15) is 4.79 Å². The van der Waals surface area contributed by atoms with Crippen molar-refractivity contribution in [2.24, 2.45) is 10.7 Å². The normalized spacial score (nSPS) is 13.4. The maximum Gasteiger partial charge on any atom is 0.223 e. The van der Waals surface area contributed by atoms with E-state index >= 15 is 0 Å². The zero-order valence-corrected chi connectivity index (χ0v) is 10.0. The number of rotatable bonds is 2. The molecule has 0 bridgehead atoms. The van der Waals surface area contributed by atoms with Gasteiger partial charge in [-0.3, -0.25) is 9.79 Å². The molecule has 0 atom stereocenters. The standard InChI is InChI=1S/C12H14N2O.ClH/c1-8-2-3-9-4-5-14-11(7-12(13)15)10(9)6-8;/h2-3,6H,4-5,7H2,1H3,(H2,13,15);1H. The summed E-state index contributed by atoms with van der Waals surface area (Å²) in [5, 5.41) is 0. The number of primary amides is 1. The van der Waals surface area contributed by atoms with Gasteiger partial charge in [0.25, 0.3) is 0 Å². The maximum atomic E-state index is 10.9. The average molecular weight is 239 g/mol. The van der Waals surface area contributed by atoms with Crippen molar-refractivity contribution in [1.29, 1.82) is 0 Å². The summed E-state index contributed by atoms with van der Waals surface area (Å²) < 4.78 is 0. The smallest absolute Gasteiger partial charge is 0.223 e. The van der Waals surface area contributed by atoms with Crippen molar-refractivity contribution in [2.75, 3.05) is 6.54 Å². The Morgan fingerprint density at radius 1 is 1.50 bits per heavy atom. The van der Waals surface area contributed by atoms with E-state index in [1.165, 1.54) is 11.1 Å². The number of halogens is 1. The van der Waals surface area contributed by atoms with Crippen molar-refractivity contribution < 1.29 is 4.79 Å². The van der Waals surface area contributed by atoms with Gasteiger partial charge in [-0.25, -0.2) is 0 Å². The highest BCUT2D eigenvalue weighted by molar-refractivity contribution is 6.11. The molecule has 1 amide bonds. The molecule has 1 aliphatic rings. The first kappa shape index (κ1) is 12.7. The Bertz CT molecular complexity index is 441. The van der Waals surface area contributed by atoms with Gasteiger partial charge in [-0.15, -0.1) is 12.4 Å². The van der Waals surface area contributed by atoms with Crippen molar-refractivity contribution in [3.8, 4) is 0 Å². The minimum Gasteiger partial charge on any atom is -0.369 e. The number of hydrogen-bond acceptors (Lipinski definition) is 2. The predicted molar refractivity (Wildman–Crippen MR) is 67.3 cm³/mol. The molecule has 3 nitrogen and oxygen atoms in total. The first-order valence-corrected chi connectivity index (χ1v) is 5.08. The number of carbonyl (C=O) groups excluding carboxylic acids is 1. The summed E-state index contributed by atoms with van der Waals surface area (Å²) in [4.78, 5) is 15.3. The van der Waals surface area contributed by atoms with E-state index in [1.807, 2.05) is 6.92 Å². The van der Waals surface area contributed by atoms with Crippen LogP contribution in [0.25, 0.3) is 0 Å². The van der Waals surface area contributed by atoms with Crippen molar-refractivity contribution in [3.63, 3.8) is 0 Å². The molecule has 0 saturated heterocycles. The van der Waals surface area contributed by atoms with Crippen LogP contribution in [0, 0.1) is 6.92 Å². The number of aryl methyl sites for hydroxylation is 1. The van der Waals surface area contributed by atoms with Gasteiger partial charge >= 0.3 is 0 Å². The zero-order valence-electron chi connectivity index (χ0n) is 9.19. The molecule has 1 heterocycles. The minimum absolute atomic E-state index is 0. The van der Waals surface area contributed by atoms with E-state index in [2.05, 4.69) is 23.2 Å². The third-order valence-corrected chi connectivity index (χ3v) is 2.60. The Morgan fingerprint density at radius 3 is 2.94 bits per heavy atom. The van der Waals surface area contributed by atoms with Crippen LogP contribution in [0.3, 0.4) is 0 Å². The van der Waals surface area contributed by atoms with Crippen LogP contribution in [0.2, 0.25) is 0 Å². The molecular formula is C12H15ClN2O. The van der Waals surface area contributed by atoms with Crippen LogP contribution in [0.1, 0.15) is 23.1 Å². The molecule has 2 rings (SSSR count).